The number of thiocarbonyl (C=S) groups is 2. The summed E-state index contributed by atoms with van der Waals surface area (Å²) in [5.74, 6) is -0.691. The van der Waals surface area contributed by atoms with Gasteiger partial charge < -0.3 is 9.47 Å². The molecule has 2 aromatic rings. The molecular weight excluding hydrogens is 509 g/mol. The highest BCUT2D eigenvalue weighted by molar-refractivity contribution is 8.54. The van der Waals surface area contributed by atoms with Crippen LogP contribution in [0.1, 0.15) is 21.6 Å². The minimum absolute atomic E-state index is 0.346. The van der Waals surface area contributed by atoms with Gasteiger partial charge in [0.05, 0.1) is 19.3 Å². The smallest absolute Gasteiger partial charge is 0.323 e. The van der Waals surface area contributed by atoms with Crippen LogP contribution in [0.25, 0.3) is 0 Å². The normalized spacial score (nSPS) is 12.5. The SMILES string of the molecule is COC(=O)C(SC(=S)SCSC(=S)SC(C(=O)OC)c1ccccc1)c1ccccc1. The molecule has 0 heterocycles. The standard InChI is InChI=1S/C21H20O4S6/c1-24-18(22)16(14-9-5-3-6-10-14)30-20(26)28-13-29-21(27)31-17(19(23)25-2)15-11-7-4-8-12-15/h3-12,16-17H,13H2,1-2H3. The van der Waals surface area contributed by atoms with Crippen molar-refractivity contribution >= 4 is 90.5 Å². The van der Waals surface area contributed by atoms with Crippen LogP contribution in [-0.4, -0.2) is 38.3 Å². The summed E-state index contributed by atoms with van der Waals surface area (Å²) in [5, 5.41) is -0.457. The van der Waals surface area contributed by atoms with Crippen molar-refractivity contribution in [2.45, 2.75) is 10.5 Å². The number of methoxy groups -OCH3 is 2. The van der Waals surface area contributed by atoms with Gasteiger partial charge in [-0.05, 0) is 11.1 Å². The van der Waals surface area contributed by atoms with E-state index in [-0.39, 0.29) is 11.9 Å². The molecule has 2 unspecified atom stereocenters. The van der Waals surface area contributed by atoms with E-state index in [1.807, 2.05) is 60.7 Å². The van der Waals surface area contributed by atoms with Crippen LogP contribution in [0.5, 0.6) is 0 Å². The minimum Gasteiger partial charge on any atom is -0.468 e. The number of hydrogen-bond donors (Lipinski definition) is 0. The fourth-order valence-corrected chi connectivity index (χ4v) is 8.15. The lowest BCUT2D eigenvalue weighted by molar-refractivity contribution is -0.140. The van der Waals surface area contributed by atoms with Gasteiger partial charge in [0.25, 0.3) is 0 Å². The third kappa shape index (κ3) is 8.78. The molecule has 10 heteroatoms. The van der Waals surface area contributed by atoms with Crippen molar-refractivity contribution < 1.29 is 19.1 Å². The zero-order valence-corrected chi connectivity index (χ0v) is 21.6. The van der Waals surface area contributed by atoms with E-state index in [2.05, 4.69) is 0 Å². The van der Waals surface area contributed by atoms with Gasteiger partial charge in [-0.3, -0.25) is 9.59 Å². The number of ether oxygens (including phenoxy) is 2. The minimum atomic E-state index is -0.515. The van der Waals surface area contributed by atoms with Crippen LogP contribution in [0, 0.1) is 0 Å². The molecule has 0 radical (unpaired) electrons. The third-order valence-corrected chi connectivity index (χ3v) is 9.59. The van der Waals surface area contributed by atoms with E-state index in [4.69, 9.17) is 33.9 Å². The highest BCUT2D eigenvalue weighted by Crippen LogP contribution is 2.38. The Morgan fingerprint density at radius 3 is 1.42 bits per heavy atom. The number of carbonyl (C=O) groups is 2. The highest BCUT2D eigenvalue weighted by Gasteiger charge is 2.25. The Hall–Kier alpha value is -1.04. The van der Waals surface area contributed by atoms with Crippen LogP contribution in [-0.2, 0) is 19.1 Å². The first-order chi connectivity index (χ1) is 15.0. The molecule has 0 saturated carbocycles. The summed E-state index contributed by atoms with van der Waals surface area (Å²) in [6.07, 6.45) is 0. The first-order valence-electron chi connectivity index (χ1n) is 8.88. The average molecular weight is 529 g/mol. The lowest BCUT2D eigenvalue weighted by Crippen LogP contribution is -2.12. The average Bonchev–Trinajstić information content (AvgIpc) is 2.81. The van der Waals surface area contributed by atoms with E-state index in [0.717, 1.165) is 11.1 Å². The van der Waals surface area contributed by atoms with Crippen LogP contribution < -0.4 is 0 Å². The van der Waals surface area contributed by atoms with E-state index in [9.17, 15) is 9.59 Å². The van der Waals surface area contributed by atoms with Gasteiger partial charge in [0.2, 0.25) is 0 Å². The number of rotatable bonds is 8. The first kappa shape index (κ1) is 26.2. The Morgan fingerprint density at radius 2 is 1.10 bits per heavy atom. The summed E-state index contributed by atoms with van der Waals surface area (Å²) < 4.78 is 11.1. The lowest BCUT2D eigenvalue weighted by Gasteiger charge is -2.16. The molecule has 0 aliphatic carbocycles. The van der Waals surface area contributed by atoms with Gasteiger partial charge in [-0.25, -0.2) is 0 Å². The molecule has 2 aromatic carbocycles. The molecule has 4 nitrogen and oxygen atoms in total. The molecule has 164 valence electrons. The van der Waals surface area contributed by atoms with Crippen LogP contribution in [0.2, 0.25) is 0 Å². The quantitative estimate of drug-likeness (QED) is 0.222. The number of hydrogen-bond acceptors (Lipinski definition) is 10. The molecule has 0 amide bonds. The van der Waals surface area contributed by atoms with Crippen LogP contribution in [0.4, 0.5) is 0 Å². The van der Waals surface area contributed by atoms with E-state index in [0.29, 0.717) is 12.1 Å². The molecule has 2 rings (SSSR count). The molecule has 0 spiro atoms. The Bertz CT molecular complexity index is 818. The predicted molar refractivity (Wildman–Crippen MR) is 143 cm³/mol. The molecule has 0 fully saturated rings. The molecule has 0 aliphatic heterocycles. The number of thioether (sulfide) groups is 4. The van der Waals surface area contributed by atoms with Crippen molar-refractivity contribution in [1.29, 1.82) is 0 Å². The zero-order chi connectivity index (χ0) is 22.6. The summed E-state index contributed by atoms with van der Waals surface area (Å²) in [6, 6.07) is 18.8. The van der Waals surface area contributed by atoms with Gasteiger partial charge in [-0.15, -0.1) is 0 Å². The van der Waals surface area contributed by atoms with Crippen molar-refractivity contribution in [3.63, 3.8) is 0 Å². The molecule has 0 aliphatic rings. The van der Waals surface area contributed by atoms with Crippen molar-refractivity contribution in [1.82, 2.24) is 0 Å². The van der Waals surface area contributed by atoms with Crippen molar-refractivity contribution in [2.24, 2.45) is 0 Å². The summed E-state index contributed by atoms with van der Waals surface area (Å²) in [6.45, 7) is 0. The first-order valence-corrected chi connectivity index (χ1v) is 13.4. The maximum Gasteiger partial charge on any atom is 0.323 e. The maximum absolute atomic E-state index is 12.2. The summed E-state index contributed by atoms with van der Waals surface area (Å²) in [5.41, 5.74) is 1.68. The Balaban J connectivity index is 1.88. The van der Waals surface area contributed by atoms with Gasteiger partial charge >= 0.3 is 11.9 Å². The Morgan fingerprint density at radius 1 is 0.742 bits per heavy atom. The van der Waals surface area contributed by atoms with E-state index >= 15 is 0 Å². The molecule has 0 saturated heterocycles. The van der Waals surface area contributed by atoms with Gasteiger partial charge in [-0.1, -0.05) is 132 Å². The topological polar surface area (TPSA) is 52.6 Å². The second-order valence-corrected chi connectivity index (χ2v) is 12.7. The van der Waals surface area contributed by atoms with E-state index < -0.39 is 10.5 Å². The molecule has 2 atom stereocenters. The molecule has 31 heavy (non-hydrogen) atoms. The summed E-state index contributed by atoms with van der Waals surface area (Å²) in [4.78, 5) is 24.4. The second-order valence-electron chi connectivity index (χ2n) is 5.77. The van der Waals surface area contributed by atoms with E-state index in [1.54, 1.807) is 0 Å². The third-order valence-electron chi connectivity index (χ3n) is 3.82. The number of benzene rings is 2. The summed E-state index contributed by atoms with van der Waals surface area (Å²) in [7, 11) is 2.73. The maximum atomic E-state index is 12.2. The van der Waals surface area contributed by atoms with E-state index in [1.165, 1.54) is 61.3 Å². The molecular formula is C21H20O4S6. The second kappa shape index (κ2) is 14.2. The van der Waals surface area contributed by atoms with Crippen LogP contribution >= 0.6 is 71.5 Å². The monoisotopic (exact) mass is 528 g/mol. The Labute approximate surface area is 210 Å². The Kier molecular flexibility index (Phi) is 12.0. The highest BCUT2D eigenvalue weighted by atomic mass is 32.3. The van der Waals surface area contributed by atoms with Crippen LogP contribution in [0.15, 0.2) is 60.7 Å². The van der Waals surface area contributed by atoms with Crippen molar-refractivity contribution in [3.05, 3.63) is 71.8 Å². The zero-order valence-electron chi connectivity index (χ0n) is 16.7. The van der Waals surface area contributed by atoms with Gasteiger partial charge in [0.15, 0.2) is 0 Å². The van der Waals surface area contributed by atoms with Crippen molar-refractivity contribution in [3.8, 4) is 0 Å². The number of esters is 2. The van der Waals surface area contributed by atoms with Gasteiger partial charge in [0, 0.05) is 0 Å². The number of carbonyl (C=O) groups excluding carboxylic acids is 2. The summed E-state index contributed by atoms with van der Waals surface area (Å²) >= 11 is 16.3. The molecule has 0 aromatic heterocycles. The lowest BCUT2D eigenvalue weighted by atomic mass is 10.1. The fraction of sp³-hybridized carbons (Fsp3) is 0.238. The van der Waals surface area contributed by atoms with Gasteiger partial charge in [-0.2, -0.15) is 0 Å². The van der Waals surface area contributed by atoms with Gasteiger partial charge in [0.1, 0.15) is 17.6 Å². The predicted octanol–water partition coefficient (Wildman–Crippen LogP) is 6.28. The van der Waals surface area contributed by atoms with Crippen molar-refractivity contribution in [2.75, 3.05) is 19.3 Å². The molecule has 0 N–H and O–H groups in total. The molecule has 0 bridgehead atoms. The van der Waals surface area contributed by atoms with Crippen LogP contribution in [0.3, 0.4) is 0 Å². The largest absolute Gasteiger partial charge is 0.468 e. The fourth-order valence-electron chi connectivity index (χ4n) is 2.36.